The number of nitrogens with one attached hydrogen (secondary N) is 1. The molecule has 9 nitrogen and oxygen atoms in total. The third-order valence-electron chi connectivity index (χ3n) is 11.1. The number of piperazine rings is 1. The molecule has 0 spiro atoms. The van der Waals surface area contributed by atoms with E-state index in [0.717, 1.165) is 97.0 Å². The summed E-state index contributed by atoms with van der Waals surface area (Å²) in [5, 5.41) is 17.1. The summed E-state index contributed by atoms with van der Waals surface area (Å²) in [4.78, 5) is 30.4. The number of phenolic OH excluding ortho intramolecular Hbond substituents is 1. The Morgan fingerprint density at radius 1 is 0.979 bits per heavy atom. The molecule has 4 atom stereocenters. The van der Waals surface area contributed by atoms with Crippen LogP contribution >= 0.6 is 0 Å². The van der Waals surface area contributed by atoms with Gasteiger partial charge in [-0.15, -0.1) is 0 Å². The van der Waals surface area contributed by atoms with Crippen LogP contribution in [0.3, 0.4) is 0 Å². The van der Waals surface area contributed by atoms with Gasteiger partial charge in [0.15, 0.2) is 0 Å². The Bertz CT molecular complexity index is 1760. The first-order valence-electron chi connectivity index (χ1n) is 17.6. The molecule has 8 rings (SSSR count). The van der Waals surface area contributed by atoms with Crippen molar-refractivity contribution in [1.82, 2.24) is 25.1 Å². The van der Waals surface area contributed by atoms with Gasteiger partial charge in [0, 0.05) is 43.0 Å². The monoisotopic (exact) mass is 634 g/mol. The van der Waals surface area contributed by atoms with E-state index in [1.165, 1.54) is 19.3 Å². The van der Waals surface area contributed by atoms with E-state index in [2.05, 4.69) is 51.3 Å². The Hall–Kier alpha value is -3.95. The first kappa shape index (κ1) is 30.4. The Balaban J connectivity index is 1.11. The number of ether oxygens (including phenoxy) is 1. The highest BCUT2D eigenvalue weighted by Crippen LogP contribution is 2.40. The van der Waals surface area contributed by atoms with Crippen LogP contribution in [0.2, 0.25) is 0 Å². The Morgan fingerprint density at radius 3 is 2.62 bits per heavy atom. The summed E-state index contributed by atoms with van der Waals surface area (Å²) >= 11 is 0. The van der Waals surface area contributed by atoms with E-state index in [4.69, 9.17) is 14.7 Å². The molecule has 5 heterocycles. The van der Waals surface area contributed by atoms with Crippen LogP contribution in [0.1, 0.15) is 51.4 Å². The van der Waals surface area contributed by atoms with E-state index in [9.17, 15) is 9.90 Å². The van der Waals surface area contributed by atoms with E-state index in [0.29, 0.717) is 36.9 Å². The predicted octanol–water partition coefficient (Wildman–Crippen LogP) is 5.59. The average molecular weight is 635 g/mol. The second-order valence-electron chi connectivity index (χ2n) is 14.2. The standard InChI is InChI=1S/C38H46N6O3/c1-42-17-5-8-30(42)24-47-38-40-35-19-27(34-20-31(45)18-26-7-2-3-9-32(26)34)11-14-33(35)37(41-38)44-28-12-13-29(44)23-43(22-28)36(46)15-10-25-6-4-16-39-21-25/h2-3,7,9,11,14,18-20,25,28-30,39,45H,4-6,8,10,12-13,15-17,21-24H2,1H3/t25?,28-,29+,30-/m0/s1. The number of anilines is 1. The van der Waals surface area contributed by atoms with Crippen molar-refractivity contribution >= 4 is 33.4 Å². The Labute approximate surface area is 276 Å². The molecule has 4 saturated heterocycles. The minimum absolute atomic E-state index is 0.218. The number of aromatic nitrogens is 2. The summed E-state index contributed by atoms with van der Waals surface area (Å²) in [6.07, 6.45) is 8.44. The summed E-state index contributed by atoms with van der Waals surface area (Å²) in [5.74, 6) is 2.06. The lowest BCUT2D eigenvalue weighted by Gasteiger charge is -2.42. The molecule has 1 aromatic heterocycles. The smallest absolute Gasteiger partial charge is 0.319 e. The number of aromatic hydroxyl groups is 1. The third-order valence-corrected chi connectivity index (χ3v) is 11.1. The molecule has 3 aromatic carbocycles. The average Bonchev–Trinajstić information content (AvgIpc) is 3.63. The molecule has 0 radical (unpaired) electrons. The number of piperidine rings is 1. The molecular formula is C38H46N6O3. The Kier molecular flexibility index (Phi) is 8.35. The van der Waals surface area contributed by atoms with Gasteiger partial charge in [-0.25, -0.2) is 0 Å². The van der Waals surface area contributed by atoms with Gasteiger partial charge >= 0.3 is 6.01 Å². The van der Waals surface area contributed by atoms with Crippen molar-refractivity contribution in [2.24, 2.45) is 5.92 Å². The van der Waals surface area contributed by atoms with Gasteiger partial charge in [-0.05, 0) is 124 Å². The number of likely N-dealkylation sites (tertiary alicyclic amines) is 2. The van der Waals surface area contributed by atoms with Crippen molar-refractivity contribution < 1.29 is 14.6 Å². The minimum Gasteiger partial charge on any atom is -0.508 e. The molecule has 0 saturated carbocycles. The quantitative estimate of drug-likeness (QED) is 0.259. The van der Waals surface area contributed by atoms with Crippen molar-refractivity contribution in [3.63, 3.8) is 0 Å². The molecule has 4 aliphatic heterocycles. The SMILES string of the molecule is CN1CCC[C@H]1COc1nc(N2[C@@H]3CC[C@H]2CN(C(=O)CCC2CCCNC2)C3)c2ccc(-c3cc(O)cc4ccccc34)cc2n1. The fraction of sp³-hybridized carbons (Fsp3) is 0.500. The molecule has 0 aliphatic carbocycles. The van der Waals surface area contributed by atoms with Crippen LogP contribution < -0.4 is 15.0 Å². The first-order valence-corrected chi connectivity index (χ1v) is 17.6. The van der Waals surface area contributed by atoms with Crippen molar-refractivity contribution in [2.45, 2.75) is 69.5 Å². The number of likely N-dealkylation sites (N-methyl/N-ethyl adjacent to an activating group) is 1. The van der Waals surface area contributed by atoms with E-state index >= 15 is 0 Å². The van der Waals surface area contributed by atoms with Crippen LogP contribution in [-0.4, -0.2) is 95.3 Å². The number of phenols is 1. The van der Waals surface area contributed by atoms with Crippen LogP contribution in [-0.2, 0) is 4.79 Å². The molecule has 1 amide bonds. The summed E-state index contributed by atoms with van der Waals surface area (Å²) in [6.45, 7) is 5.26. The van der Waals surface area contributed by atoms with Gasteiger partial charge in [-0.1, -0.05) is 30.3 Å². The van der Waals surface area contributed by atoms with E-state index in [-0.39, 0.29) is 17.8 Å². The molecule has 4 aliphatic rings. The number of carbonyl (C=O) groups is 1. The number of hydrogen-bond acceptors (Lipinski definition) is 8. The molecule has 9 heteroatoms. The van der Waals surface area contributed by atoms with Crippen molar-refractivity contribution in [3.8, 4) is 22.9 Å². The topological polar surface area (TPSA) is 94.1 Å². The number of amides is 1. The summed E-state index contributed by atoms with van der Waals surface area (Å²) < 4.78 is 6.37. The second-order valence-corrected chi connectivity index (χ2v) is 14.2. The van der Waals surface area contributed by atoms with Gasteiger partial charge in [0.1, 0.15) is 18.2 Å². The van der Waals surface area contributed by atoms with Crippen LogP contribution in [0.4, 0.5) is 5.82 Å². The largest absolute Gasteiger partial charge is 0.508 e. The van der Waals surface area contributed by atoms with Crippen LogP contribution in [0.25, 0.3) is 32.8 Å². The zero-order chi connectivity index (χ0) is 31.9. The zero-order valence-corrected chi connectivity index (χ0v) is 27.4. The number of benzene rings is 3. The van der Waals surface area contributed by atoms with Crippen LogP contribution in [0.15, 0.2) is 54.6 Å². The second kappa shape index (κ2) is 12.9. The summed E-state index contributed by atoms with van der Waals surface area (Å²) in [5.41, 5.74) is 2.78. The van der Waals surface area contributed by atoms with Gasteiger partial charge in [-0.2, -0.15) is 9.97 Å². The normalized spacial score (nSPS) is 24.8. The number of nitrogens with zero attached hydrogens (tertiary/aromatic N) is 5. The molecule has 47 heavy (non-hydrogen) atoms. The summed E-state index contributed by atoms with van der Waals surface area (Å²) in [6, 6.07) is 19.3. The van der Waals surface area contributed by atoms with Gasteiger partial charge in [-0.3, -0.25) is 4.79 Å². The lowest BCUT2D eigenvalue weighted by Crippen LogP contribution is -2.55. The number of fused-ring (bicyclic) bond motifs is 4. The van der Waals surface area contributed by atoms with Crippen molar-refractivity contribution in [2.75, 3.05) is 51.3 Å². The Morgan fingerprint density at radius 2 is 1.83 bits per heavy atom. The molecule has 4 fully saturated rings. The maximum Gasteiger partial charge on any atom is 0.319 e. The van der Waals surface area contributed by atoms with Gasteiger partial charge < -0.3 is 29.9 Å². The predicted molar refractivity (Wildman–Crippen MR) is 186 cm³/mol. The van der Waals surface area contributed by atoms with Gasteiger partial charge in [0.25, 0.3) is 0 Å². The molecule has 2 N–H and O–H groups in total. The van der Waals surface area contributed by atoms with Crippen molar-refractivity contribution in [3.05, 3.63) is 54.6 Å². The van der Waals surface area contributed by atoms with E-state index in [1.807, 2.05) is 24.3 Å². The van der Waals surface area contributed by atoms with Crippen molar-refractivity contribution in [1.29, 1.82) is 0 Å². The molecule has 1 unspecified atom stereocenters. The maximum absolute atomic E-state index is 13.4. The first-order chi connectivity index (χ1) is 23.0. The molecule has 2 bridgehead atoms. The number of carbonyl (C=O) groups excluding carboxylic acids is 1. The molecule has 246 valence electrons. The summed E-state index contributed by atoms with van der Waals surface area (Å²) in [7, 11) is 2.16. The van der Waals surface area contributed by atoms with Gasteiger partial charge in [0.2, 0.25) is 5.91 Å². The highest BCUT2D eigenvalue weighted by atomic mass is 16.5. The fourth-order valence-corrected chi connectivity index (χ4v) is 8.52. The highest BCUT2D eigenvalue weighted by molar-refractivity contribution is 6.01. The van der Waals surface area contributed by atoms with Crippen LogP contribution in [0, 0.1) is 5.92 Å². The van der Waals surface area contributed by atoms with Gasteiger partial charge in [0.05, 0.1) is 5.52 Å². The maximum atomic E-state index is 13.4. The highest BCUT2D eigenvalue weighted by Gasteiger charge is 2.43. The lowest BCUT2D eigenvalue weighted by atomic mass is 9.94. The molecular weight excluding hydrogens is 588 g/mol. The number of hydrogen-bond donors (Lipinski definition) is 2. The van der Waals surface area contributed by atoms with E-state index < -0.39 is 0 Å². The van der Waals surface area contributed by atoms with E-state index in [1.54, 1.807) is 6.07 Å². The minimum atomic E-state index is 0.218. The third kappa shape index (κ3) is 6.11. The molecule has 4 aromatic rings. The fourth-order valence-electron chi connectivity index (χ4n) is 8.52. The van der Waals surface area contributed by atoms with Crippen LogP contribution in [0.5, 0.6) is 11.8 Å². The number of rotatable bonds is 8. The zero-order valence-electron chi connectivity index (χ0n) is 27.4. The lowest BCUT2D eigenvalue weighted by molar-refractivity contribution is -0.132.